The highest BCUT2D eigenvalue weighted by Crippen LogP contribution is 2.29. The molecule has 1 saturated heterocycles. The zero-order valence-corrected chi connectivity index (χ0v) is 19.1. The number of nitrogens with zero attached hydrogens (tertiary/aromatic N) is 4. The van der Waals surface area contributed by atoms with E-state index in [2.05, 4.69) is 21.0 Å². The number of benzene rings is 3. The second-order valence-electron chi connectivity index (χ2n) is 8.58. The van der Waals surface area contributed by atoms with E-state index in [0.29, 0.717) is 29.1 Å². The molecule has 7 nitrogen and oxygen atoms in total. The molecular formula is C27H25FN4O3. The van der Waals surface area contributed by atoms with E-state index in [9.17, 15) is 14.8 Å². The van der Waals surface area contributed by atoms with Crippen molar-refractivity contribution in [2.75, 3.05) is 44.2 Å². The number of piperazine rings is 1. The van der Waals surface area contributed by atoms with Gasteiger partial charge < -0.3 is 19.3 Å². The number of hydrogen-bond donors (Lipinski definition) is 1. The minimum absolute atomic E-state index is 0.184. The lowest BCUT2D eigenvalue weighted by atomic mass is 10.1. The van der Waals surface area contributed by atoms with Crippen molar-refractivity contribution in [1.82, 2.24) is 10.1 Å². The number of β-amino-alcohol motifs (C(OH)–C–C–N with tert-alkyl or cyclic N) is 1. The van der Waals surface area contributed by atoms with Gasteiger partial charge in [-0.15, -0.1) is 0 Å². The van der Waals surface area contributed by atoms with Gasteiger partial charge in [0.15, 0.2) is 5.58 Å². The molecule has 0 saturated carbocycles. The molecule has 3 aromatic carbocycles. The second-order valence-corrected chi connectivity index (χ2v) is 8.58. The molecule has 1 N–H and O–H groups in total. The van der Waals surface area contributed by atoms with Crippen molar-refractivity contribution in [3.8, 4) is 23.1 Å². The van der Waals surface area contributed by atoms with Gasteiger partial charge in [-0.3, -0.25) is 4.90 Å². The molecule has 0 bridgehead atoms. The van der Waals surface area contributed by atoms with E-state index in [1.54, 1.807) is 6.07 Å². The van der Waals surface area contributed by atoms with E-state index in [4.69, 9.17) is 9.26 Å². The van der Waals surface area contributed by atoms with Crippen molar-refractivity contribution in [3.63, 3.8) is 0 Å². The second kappa shape index (κ2) is 10.1. The van der Waals surface area contributed by atoms with E-state index >= 15 is 0 Å². The first kappa shape index (κ1) is 22.8. The smallest absolute Gasteiger partial charge is 0.170 e. The largest absolute Gasteiger partial charge is 0.491 e. The van der Waals surface area contributed by atoms with Gasteiger partial charge >= 0.3 is 0 Å². The van der Waals surface area contributed by atoms with Gasteiger partial charge in [-0.2, -0.15) is 5.26 Å². The van der Waals surface area contributed by atoms with Gasteiger partial charge in [0.05, 0.1) is 11.3 Å². The van der Waals surface area contributed by atoms with Crippen LogP contribution in [0.3, 0.4) is 0 Å². The van der Waals surface area contributed by atoms with E-state index < -0.39 is 6.10 Å². The van der Waals surface area contributed by atoms with Gasteiger partial charge in [0, 0.05) is 49.7 Å². The first-order valence-corrected chi connectivity index (χ1v) is 11.5. The summed E-state index contributed by atoms with van der Waals surface area (Å²) < 4.78 is 24.4. The van der Waals surface area contributed by atoms with E-state index in [1.165, 1.54) is 12.1 Å². The third kappa shape index (κ3) is 5.11. The minimum Gasteiger partial charge on any atom is -0.491 e. The normalized spacial score (nSPS) is 15.2. The van der Waals surface area contributed by atoms with Crippen molar-refractivity contribution >= 4 is 16.7 Å². The summed E-state index contributed by atoms with van der Waals surface area (Å²) in [6, 6.07) is 21.6. The summed E-state index contributed by atoms with van der Waals surface area (Å²) in [5.74, 6) is 0.276. The fraction of sp³-hybridized carbons (Fsp3) is 0.259. The van der Waals surface area contributed by atoms with Crippen molar-refractivity contribution < 1.29 is 18.8 Å². The zero-order valence-electron chi connectivity index (χ0n) is 19.1. The van der Waals surface area contributed by atoms with Crippen molar-refractivity contribution in [2.24, 2.45) is 0 Å². The number of fused-ring (bicyclic) bond motifs is 1. The molecule has 1 aliphatic rings. The number of ether oxygens (including phenoxy) is 1. The highest BCUT2D eigenvalue weighted by molar-refractivity contribution is 5.91. The van der Waals surface area contributed by atoms with Crippen molar-refractivity contribution in [3.05, 3.63) is 78.1 Å². The van der Waals surface area contributed by atoms with Crippen LogP contribution in [0.25, 0.3) is 22.2 Å². The molecule has 0 unspecified atom stereocenters. The molecule has 0 spiro atoms. The molecule has 5 rings (SSSR count). The number of aromatic nitrogens is 1. The highest BCUT2D eigenvalue weighted by Gasteiger charge is 2.21. The Hall–Kier alpha value is -3.93. The van der Waals surface area contributed by atoms with E-state index in [-0.39, 0.29) is 12.4 Å². The van der Waals surface area contributed by atoms with Crippen LogP contribution in [-0.4, -0.2) is 60.6 Å². The monoisotopic (exact) mass is 472 g/mol. The number of aliphatic hydroxyl groups excluding tert-OH is 1. The molecule has 0 radical (unpaired) electrons. The molecular weight excluding hydrogens is 447 g/mol. The van der Waals surface area contributed by atoms with Gasteiger partial charge in [-0.25, -0.2) is 4.39 Å². The molecule has 1 aliphatic heterocycles. The Kier molecular flexibility index (Phi) is 6.62. The Morgan fingerprint density at radius 1 is 1.06 bits per heavy atom. The first-order valence-electron chi connectivity index (χ1n) is 11.5. The topological polar surface area (TPSA) is 85.8 Å². The Morgan fingerprint density at radius 3 is 2.60 bits per heavy atom. The molecule has 1 atom stereocenters. The van der Waals surface area contributed by atoms with Crippen LogP contribution >= 0.6 is 0 Å². The minimum atomic E-state index is -0.623. The molecule has 1 fully saturated rings. The molecule has 178 valence electrons. The summed E-state index contributed by atoms with van der Waals surface area (Å²) in [4.78, 5) is 4.43. The molecule has 4 aromatic rings. The van der Waals surface area contributed by atoms with Crippen LogP contribution in [0.1, 0.15) is 5.56 Å². The van der Waals surface area contributed by atoms with Crippen LogP contribution in [0.15, 0.2) is 71.3 Å². The molecule has 2 heterocycles. The summed E-state index contributed by atoms with van der Waals surface area (Å²) in [6.07, 6.45) is -0.623. The molecule has 35 heavy (non-hydrogen) atoms. The highest BCUT2D eigenvalue weighted by atomic mass is 19.1. The number of anilines is 1. The lowest BCUT2D eigenvalue weighted by molar-refractivity contribution is 0.0663. The predicted octanol–water partition coefficient (Wildman–Crippen LogP) is 4.07. The van der Waals surface area contributed by atoms with E-state index in [0.717, 1.165) is 42.8 Å². The standard InChI is InChI=1S/C27H25FN4O3/c28-21-7-10-24-26(15-21)35-30-27(24)19-5-8-23(9-6-19)34-18-22(33)17-31-11-13-32(14-12-31)25-4-2-1-3-20(25)16-29/h1-10,15,22,33H,11-14,17-18H2/t22-/m1/s1. The Labute approximate surface area is 202 Å². The summed E-state index contributed by atoms with van der Waals surface area (Å²) in [5, 5.41) is 24.6. The maximum absolute atomic E-state index is 13.4. The number of hydrogen-bond acceptors (Lipinski definition) is 7. The Bertz CT molecular complexity index is 1340. The average molecular weight is 473 g/mol. The van der Waals surface area contributed by atoms with Crippen LogP contribution in [0.2, 0.25) is 0 Å². The fourth-order valence-corrected chi connectivity index (χ4v) is 4.39. The fourth-order valence-electron chi connectivity index (χ4n) is 4.39. The van der Waals surface area contributed by atoms with Crippen LogP contribution in [-0.2, 0) is 0 Å². The summed E-state index contributed by atoms with van der Waals surface area (Å²) >= 11 is 0. The van der Waals surface area contributed by atoms with Crippen molar-refractivity contribution in [1.29, 1.82) is 5.26 Å². The van der Waals surface area contributed by atoms with Crippen molar-refractivity contribution in [2.45, 2.75) is 6.10 Å². The predicted molar refractivity (Wildman–Crippen MR) is 131 cm³/mol. The van der Waals surface area contributed by atoms with Crippen LogP contribution in [0.5, 0.6) is 5.75 Å². The summed E-state index contributed by atoms with van der Waals surface area (Å²) in [5.41, 5.74) is 3.53. The SMILES string of the molecule is N#Cc1ccccc1N1CCN(C[C@@H](O)COc2ccc(-c3noc4cc(F)ccc34)cc2)CC1. The summed E-state index contributed by atoms with van der Waals surface area (Å²) in [7, 11) is 0. The van der Waals surface area contributed by atoms with Gasteiger partial charge in [-0.05, 0) is 48.5 Å². The molecule has 1 aromatic heterocycles. The van der Waals surface area contributed by atoms with E-state index in [1.807, 2.05) is 48.5 Å². The number of halogens is 1. The van der Waals surface area contributed by atoms with Gasteiger partial charge in [0.25, 0.3) is 0 Å². The number of rotatable bonds is 7. The van der Waals surface area contributed by atoms with Gasteiger partial charge in [0.2, 0.25) is 0 Å². The first-order chi connectivity index (χ1) is 17.1. The molecule has 0 aliphatic carbocycles. The number of para-hydroxylation sites is 1. The van der Waals surface area contributed by atoms with Crippen LogP contribution < -0.4 is 9.64 Å². The number of nitriles is 1. The lowest BCUT2D eigenvalue weighted by Gasteiger charge is -2.37. The number of aliphatic hydroxyl groups is 1. The Morgan fingerprint density at radius 2 is 1.83 bits per heavy atom. The Balaban J connectivity index is 1.11. The lowest BCUT2D eigenvalue weighted by Crippen LogP contribution is -2.49. The molecule has 8 heteroatoms. The average Bonchev–Trinajstić information content (AvgIpc) is 3.31. The maximum atomic E-state index is 13.4. The third-order valence-corrected chi connectivity index (χ3v) is 6.21. The third-order valence-electron chi connectivity index (χ3n) is 6.21. The molecule has 0 amide bonds. The quantitative estimate of drug-likeness (QED) is 0.434. The maximum Gasteiger partial charge on any atom is 0.170 e. The van der Waals surface area contributed by atoms with Gasteiger partial charge in [-0.1, -0.05) is 17.3 Å². The zero-order chi connectivity index (χ0) is 24.2. The summed E-state index contributed by atoms with van der Waals surface area (Å²) in [6.45, 7) is 3.92. The van der Waals surface area contributed by atoms with Gasteiger partial charge in [0.1, 0.15) is 36.0 Å². The van der Waals surface area contributed by atoms with Crippen LogP contribution in [0, 0.1) is 17.1 Å². The van der Waals surface area contributed by atoms with Crippen LogP contribution in [0.4, 0.5) is 10.1 Å².